The van der Waals surface area contributed by atoms with Gasteiger partial charge in [-0.25, -0.2) is 4.79 Å². The summed E-state index contributed by atoms with van der Waals surface area (Å²) in [6.45, 7) is 3.61. The van der Waals surface area contributed by atoms with E-state index < -0.39 is 16.2 Å². The van der Waals surface area contributed by atoms with E-state index in [4.69, 9.17) is 9.47 Å². The maximum Gasteiger partial charge on any atom is 0.340 e. The largest absolute Gasteiger partial charge is 0.487 e. The van der Waals surface area contributed by atoms with E-state index in [0.717, 1.165) is 5.56 Å². The van der Waals surface area contributed by atoms with Crippen molar-refractivity contribution >= 4 is 21.9 Å². The minimum Gasteiger partial charge on any atom is -0.487 e. The van der Waals surface area contributed by atoms with E-state index >= 15 is 0 Å². The summed E-state index contributed by atoms with van der Waals surface area (Å²) >= 11 is 0. The van der Waals surface area contributed by atoms with Crippen LogP contribution in [0, 0.1) is 0 Å². The number of anilines is 1. The summed E-state index contributed by atoms with van der Waals surface area (Å²) in [5.41, 5.74) is 1.00. The molecule has 2 rings (SSSR count). The molecule has 0 aliphatic carbocycles. The van der Waals surface area contributed by atoms with Crippen molar-refractivity contribution < 1.29 is 22.7 Å². The lowest BCUT2D eigenvalue weighted by atomic mass is 10.1. The number of hydrogen-bond acceptors (Lipinski definition) is 5. The topological polar surface area (TPSA) is 93.7 Å². The number of benzene rings is 2. The molecule has 0 saturated carbocycles. The van der Waals surface area contributed by atoms with Gasteiger partial charge in [0.05, 0.1) is 12.7 Å². The lowest BCUT2D eigenvalue weighted by Gasteiger charge is -2.17. The Labute approximate surface area is 153 Å². The third-order valence-corrected chi connectivity index (χ3v) is 4.55. The van der Waals surface area contributed by atoms with Crippen molar-refractivity contribution in [2.45, 2.75) is 26.5 Å². The van der Waals surface area contributed by atoms with Gasteiger partial charge in [0.2, 0.25) is 0 Å². The molecule has 0 aromatic heterocycles. The van der Waals surface area contributed by atoms with Crippen LogP contribution in [0.2, 0.25) is 0 Å². The van der Waals surface area contributed by atoms with Crippen molar-refractivity contribution in [3.8, 4) is 5.75 Å². The van der Waals surface area contributed by atoms with E-state index in [-0.39, 0.29) is 29.6 Å². The van der Waals surface area contributed by atoms with Gasteiger partial charge in [-0.2, -0.15) is 13.1 Å². The molecule has 0 saturated heterocycles. The van der Waals surface area contributed by atoms with Crippen molar-refractivity contribution in [1.82, 2.24) is 4.72 Å². The Morgan fingerprint density at radius 1 is 1.08 bits per heavy atom. The molecule has 0 heterocycles. The first-order valence-electron chi connectivity index (χ1n) is 8.00. The van der Waals surface area contributed by atoms with Crippen LogP contribution in [0.4, 0.5) is 5.69 Å². The summed E-state index contributed by atoms with van der Waals surface area (Å²) < 4.78 is 39.8. The summed E-state index contributed by atoms with van der Waals surface area (Å²) in [7, 11) is -2.66. The molecule has 2 N–H and O–H groups in total. The first-order valence-corrected chi connectivity index (χ1v) is 9.49. The maximum atomic E-state index is 12.3. The van der Waals surface area contributed by atoms with E-state index in [2.05, 4.69) is 9.44 Å². The Balaban J connectivity index is 2.36. The first kappa shape index (κ1) is 19.7. The van der Waals surface area contributed by atoms with Gasteiger partial charge in [0, 0.05) is 6.04 Å². The molecule has 0 bridgehead atoms. The molecule has 0 unspecified atom stereocenters. The van der Waals surface area contributed by atoms with E-state index in [9.17, 15) is 13.2 Å². The molecule has 8 heteroatoms. The first-order chi connectivity index (χ1) is 12.3. The minimum atomic E-state index is -3.89. The molecule has 0 atom stereocenters. The normalized spacial score (nSPS) is 11.2. The summed E-state index contributed by atoms with van der Waals surface area (Å²) in [6.07, 6.45) is 0. The van der Waals surface area contributed by atoms with Gasteiger partial charge in [-0.05, 0) is 31.5 Å². The Hall–Kier alpha value is -2.58. The van der Waals surface area contributed by atoms with E-state index in [1.54, 1.807) is 26.0 Å². The molecule has 2 aromatic rings. The van der Waals surface area contributed by atoms with Crippen molar-refractivity contribution in [2.24, 2.45) is 0 Å². The van der Waals surface area contributed by atoms with Crippen LogP contribution in [0.15, 0.2) is 48.5 Å². The van der Waals surface area contributed by atoms with Crippen LogP contribution in [0.25, 0.3) is 0 Å². The number of carbonyl (C=O) groups is 1. The van der Waals surface area contributed by atoms with Gasteiger partial charge in [0.25, 0.3) is 10.2 Å². The molecule has 0 spiro atoms. The molecule has 7 nitrogen and oxygen atoms in total. The average Bonchev–Trinajstić information content (AvgIpc) is 2.59. The zero-order valence-electron chi connectivity index (χ0n) is 14.9. The summed E-state index contributed by atoms with van der Waals surface area (Å²) in [5.74, 6) is -0.441. The zero-order valence-corrected chi connectivity index (χ0v) is 15.7. The van der Waals surface area contributed by atoms with Gasteiger partial charge in [-0.1, -0.05) is 36.4 Å². The Morgan fingerprint density at radius 2 is 1.77 bits per heavy atom. The van der Waals surface area contributed by atoms with Crippen LogP contribution in [0.1, 0.15) is 29.8 Å². The number of nitrogens with one attached hydrogen (secondary N) is 2. The molecular formula is C18H22N2O5S. The number of hydrogen-bond donors (Lipinski definition) is 2. The van der Waals surface area contributed by atoms with Crippen LogP contribution in [-0.4, -0.2) is 27.5 Å². The van der Waals surface area contributed by atoms with Gasteiger partial charge < -0.3 is 9.47 Å². The van der Waals surface area contributed by atoms with Gasteiger partial charge in [-0.15, -0.1) is 0 Å². The molecule has 2 aromatic carbocycles. The van der Waals surface area contributed by atoms with Gasteiger partial charge in [0.15, 0.2) is 0 Å². The SMILES string of the molecule is COC(=O)c1cccc(OCc2ccccc2)c1NS(=O)(=O)NC(C)C. The highest BCUT2D eigenvalue weighted by atomic mass is 32.2. The summed E-state index contributed by atoms with van der Waals surface area (Å²) in [5, 5.41) is 0. The smallest absolute Gasteiger partial charge is 0.340 e. The van der Waals surface area contributed by atoms with Crippen molar-refractivity contribution in [3.05, 3.63) is 59.7 Å². The molecule has 0 fully saturated rings. The molecular weight excluding hydrogens is 356 g/mol. The Bertz CT molecular complexity index is 851. The zero-order chi connectivity index (χ0) is 19.2. The highest BCUT2D eigenvalue weighted by Gasteiger charge is 2.22. The minimum absolute atomic E-state index is 0.0310. The second kappa shape index (κ2) is 8.68. The third kappa shape index (κ3) is 5.47. The maximum absolute atomic E-state index is 12.3. The summed E-state index contributed by atoms with van der Waals surface area (Å²) in [4.78, 5) is 12.0. The molecule has 0 radical (unpaired) electrons. The number of rotatable bonds is 8. The van der Waals surface area contributed by atoms with Crippen LogP contribution >= 0.6 is 0 Å². The quantitative estimate of drug-likeness (QED) is 0.689. The van der Waals surface area contributed by atoms with Crippen molar-refractivity contribution in [3.63, 3.8) is 0 Å². The number of carbonyl (C=O) groups excluding carboxylic acids is 1. The second-order valence-corrected chi connectivity index (χ2v) is 7.27. The number of para-hydroxylation sites is 1. The third-order valence-electron chi connectivity index (χ3n) is 3.30. The number of methoxy groups -OCH3 is 1. The number of ether oxygens (including phenoxy) is 2. The van der Waals surface area contributed by atoms with E-state index in [1.165, 1.54) is 13.2 Å². The van der Waals surface area contributed by atoms with Crippen LogP contribution in [0.3, 0.4) is 0 Å². The van der Waals surface area contributed by atoms with Crippen LogP contribution in [-0.2, 0) is 21.6 Å². The fourth-order valence-electron chi connectivity index (χ4n) is 2.25. The van der Waals surface area contributed by atoms with Crippen LogP contribution < -0.4 is 14.2 Å². The monoisotopic (exact) mass is 378 g/mol. The predicted octanol–water partition coefficient (Wildman–Crippen LogP) is 2.71. The number of esters is 1. The fourth-order valence-corrected chi connectivity index (χ4v) is 3.40. The van der Waals surface area contributed by atoms with E-state index in [0.29, 0.717) is 0 Å². The second-order valence-electron chi connectivity index (χ2n) is 5.82. The molecule has 140 valence electrons. The highest BCUT2D eigenvalue weighted by molar-refractivity contribution is 7.90. The Kier molecular flexibility index (Phi) is 6.59. The average molecular weight is 378 g/mol. The molecule has 26 heavy (non-hydrogen) atoms. The molecule has 0 aliphatic rings. The highest BCUT2D eigenvalue weighted by Crippen LogP contribution is 2.30. The standard InChI is InChI=1S/C18H22N2O5S/c1-13(2)19-26(22,23)20-17-15(18(21)24-3)10-7-11-16(17)25-12-14-8-5-4-6-9-14/h4-11,13,19-20H,12H2,1-3H3. The van der Waals surface area contributed by atoms with Crippen molar-refractivity contribution in [1.29, 1.82) is 0 Å². The van der Waals surface area contributed by atoms with Gasteiger partial charge >= 0.3 is 5.97 Å². The van der Waals surface area contributed by atoms with Gasteiger partial charge in [0.1, 0.15) is 18.0 Å². The van der Waals surface area contributed by atoms with Gasteiger partial charge in [-0.3, -0.25) is 4.72 Å². The lowest BCUT2D eigenvalue weighted by Crippen LogP contribution is -2.35. The molecule has 0 amide bonds. The lowest BCUT2D eigenvalue weighted by molar-refractivity contribution is 0.0601. The summed E-state index contributed by atoms with van der Waals surface area (Å²) in [6, 6.07) is 13.7. The van der Waals surface area contributed by atoms with Crippen molar-refractivity contribution in [2.75, 3.05) is 11.8 Å². The van der Waals surface area contributed by atoms with Crippen LogP contribution in [0.5, 0.6) is 5.75 Å². The fraction of sp³-hybridized carbons (Fsp3) is 0.278. The predicted molar refractivity (Wildman–Crippen MR) is 99.4 cm³/mol. The Morgan fingerprint density at radius 3 is 2.38 bits per heavy atom. The van der Waals surface area contributed by atoms with E-state index in [1.807, 2.05) is 30.3 Å². The molecule has 0 aliphatic heterocycles.